The van der Waals surface area contributed by atoms with Gasteiger partial charge in [-0.1, -0.05) is 24.6 Å². The van der Waals surface area contributed by atoms with Crippen LogP contribution in [0.3, 0.4) is 0 Å². The van der Waals surface area contributed by atoms with E-state index in [1.54, 1.807) is 6.20 Å². The number of hydrogen-bond acceptors (Lipinski definition) is 7. The average Bonchev–Trinajstić information content (AvgIpc) is 2.86. The third kappa shape index (κ3) is 6.14. The number of pyridine rings is 2. The Kier molecular flexibility index (Phi) is 8.02. The molecule has 2 fully saturated rings. The van der Waals surface area contributed by atoms with E-state index in [-0.39, 0.29) is 0 Å². The highest BCUT2D eigenvalue weighted by Gasteiger charge is 2.32. The molecule has 2 aromatic heterocycles. The largest absolute Gasteiger partial charge is 0.381 e. The minimum absolute atomic E-state index is 0.410. The van der Waals surface area contributed by atoms with Crippen molar-refractivity contribution >= 4 is 23.2 Å². The van der Waals surface area contributed by atoms with Crippen LogP contribution in [0.5, 0.6) is 0 Å². The molecule has 7 nitrogen and oxygen atoms in total. The van der Waals surface area contributed by atoms with Gasteiger partial charge in [-0.05, 0) is 63.3 Å². The molecule has 3 heterocycles. The number of hydrogen-bond donors (Lipinski definition) is 3. The van der Waals surface area contributed by atoms with Gasteiger partial charge in [0, 0.05) is 43.6 Å². The van der Waals surface area contributed by atoms with Crippen molar-refractivity contribution in [2.24, 2.45) is 5.41 Å². The molecule has 0 aromatic carbocycles. The predicted octanol–water partition coefficient (Wildman–Crippen LogP) is 4.86. The Morgan fingerprint density at radius 2 is 1.91 bits per heavy atom. The third-order valence-corrected chi connectivity index (χ3v) is 7.05. The van der Waals surface area contributed by atoms with Crippen LogP contribution in [0.1, 0.15) is 45.4 Å². The van der Waals surface area contributed by atoms with E-state index < -0.39 is 5.41 Å². The maximum atomic E-state index is 9.69. The van der Waals surface area contributed by atoms with Crippen molar-refractivity contribution in [2.75, 3.05) is 36.9 Å². The molecule has 176 valence electrons. The zero-order chi connectivity index (χ0) is 23.1. The lowest BCUT2D eigenvalue weighted by atomic mass is 9.82. The number of anilines is 2. The smallest absolute Gasteiger partial charge is 0.126 e. The normalized spacial score (nSPS) is 22.3. The van der Waals surface area contributed by atoms with E-state index >= 15 is 0 Å². The summed E-state index contributed by atoms with van der Waals surface area (Å²) in [5, 5.41) is 20.8. The van der Waals surface area contributed by atoms with Crippen molar-refractivity contribution in [3.05, 3.63) is 35.5 Å². The zero-order valence-electron chi connectivity index (χ0n) is 19.2. The fourth-order valence-corrected chi connectivity index (χ4v) is 4.89. The molecule has 2 aromatic rings. The topological polar surface area (TPSA) is 94.9 Å². The van der Waals surface area contributed by atoms with Crippen LogP contribution in [0.15, 0.2) is 30.5 Å². The lowest BCUT2D eigenvalue weighted by Crippen LogP contribution is -2.36. The fraction of sp³-hybridized carbons (Fsp3) is 0.560. The molecule has 1 aliphatic carbocycles. The van der Waals surface area contributed by atoms with Crippen LogP contribution in [-0.2, 0) is 4.74 Å². The van der Waals surface area contributed by atoms with E-state index in [0.717, 1.165) is 55.1 Å². The molecule has 0 unspecified atom stereocenters. The van der Waals surface area contributed by atoms with Crippen LogP contribution in [0.25, 0.3) is 11.3 Å². The first-order chi connectivity index (χ1) is 16.1. The second kappa shape index (κ2) is 11.1. The summed E-state index contributed by atoms with van der Waals surface area (Å²) >= 11 is 6.51. The maximum Gasteiger partial charge on any atom is 0.126 e. The van der Waals surface area contributed by atoms with Crippen LogP contribution < -0.4 is 16.0 Å². The van der Waals surface area contributed by atoms with Gasteiger partial charge in [0.2, 0.25) is 0 Å². The number of rotatable bonds is 8. The highest BCUT2D eigenvalue weighted by atomic mass is 35.5. The summed E-state index contributed by atoms with van der Waals surface area (Å²) in [5.41, 5.74) is 1.22. The van der Waals surface area contributed by atoms with Crippen LogP contribution in [0.2, 0.25) is 5.02 Å². The average molecular weight is 469 g/mol. The Morgan fingerprint density at radius 1 is 1.15 bits per heavy atom. The lowest BCUT2D eigenvalue weighted by molar-refractivity contribution is 0.0455. The maximum absolute atomic E-state index is 9.69. The highest BCUT2D eigenvalue weighted by molar-refractivity contribution is 6.33. The van der Waals surface area contributed by atoms with Crippen molar-refractivity contribution in [3.8, 4) is 17.3 Å². The molecule has 8 heteroatoms. The molecule has 0 radical (unpaired) electrons. The van der Waals surface area contributed by atoms with Crippen molar-refractivity contribution < 1.29 is 4.74 Å². The molecule has 1 aliphatic heterocycles. The number of nitriles is 1. The first kappa shape index (κ1) is 23.7. The highest BCUT2D eigenvalue weighted by Crippen LogP contribution is 2.32. The first-order valence-corrected chi connectivity index (χ1v) is 12.3. The van der Waals surface area contributed by atoms with Gasteiger partial charge < -0.3 is 20.7 Å². The Morgan fingerprint density at radius 3 is 2.64 bits per heavy atom. The third-order valence-electron chi connectivity index (χ3n) is 6.75. The number of ether oxygens (including phenoxy) is 1. The van der Waals surface area contributed by atoms with Crippen LogP contribution in [-0.4, -0.2) is 48.4 Å². The monoisotopic (exact) mass is 468 g/mol. The minimum atomic E-state index is -0.410. The molecule has 1 saturated carbocycles. The molecule has 3 N–H and O–H groups in total. The van der Waals surface area contributed by atoms with Gasteiger partial charge in [-0.15, -0.1) is 0 Å². The lowest BCUT2D eigenvalue weighted by Gasteiger charge is -2.30. The summed E-state index contributed by atoms with van der Waals surface area (Å²) in [6, 6.07) is 11.4. The summed E-state index contributed by atoms with van der Waals surface area (Å²) in [6.45, 7) is 4.99. The molecule has 0 bridgehead atoms. The number of nitrogens with one attached hydrogen (secondary N) is 3. The Hall–Kier alpha value is -2.40. The van der Waals surface area contributed by atoms with Crippen LogP contribution in [0, 0.1) is 16.7 Å². The van der Waals surface area contributed by atoms with E-state index in [4.69, 9.17) is 21.3 Å². The van der Waals surface area contributed by atoms with Gasteiger partial charge >= 0.3 is 0 Å². The van der Waals surface area contributed by atoms with Gasteiger partial charge in [0.05, 0.1) is 22.2 Å². The van der Waals surface area contributed by atoms with Crippen molar-refractivity contribution in [3.63, 3.8) is 0 Å². The van der Waals surface area contributed by atoms with Gasteiger partial charge in [0.1, 0.15) is 11.6 Å². The second-order valence-corrected chi connectivity index (χ2v) is 9.47. The summed E-state index contributed by atoms with van der Waals surface area (Å²) < 4.78 is 5.43. The van der Waals surface area contributed by atoms with Crippen molar-refractivity contribution in [1.29, 1.82) is 5.26 Å². The van der Waals surface area contributed by atoms with E-state index in [9.17, 15) is 5.26 Å². The van der Waals surface area contributed by atoms with Crippen LogP contribution >= 0.6 is 11.6 Å². The first-order valence-electron chi connectivity index (χ1n) is 12.0. The quantitative estimate of drug-likeness (QED) is 0.509. The Labute approximate surface area is 201 Å². The van der Waals surface area contributed by atoms with E-state index in [0.29, 0.717) is 36.9 Å². The van der Waals surface area contributed by atoms with Crippen molar-refractivity contribution in [1.82, 2.24) is 15.3 Å². The molecule has 1 saturated heterocycles. The second-order valence-electron chi connectivity index (χ2n) is 9.07. The summed E-state index contributed by atoms with van der Waals surface area (Å²) in [6.07, 6.45) is 7.77. The molecular formula is C25H33ClN6O. The van der Waals surface area contributed by atoms with E-state index in [1.165, 1.54) is 12.8 Å². The summed E-state index contributed by atoms with van der Waals surface area (Å²) in [5.74, 6) is 1.56. The number of nitrogens with zero attached hydrogens (tertiary/aromatic N) is 3. The standard InChI is InChI=1S/C25H33ClN6O/c1-2-28-18-6-8-19(9-7-18)31-24-14-20(21(26)15-29-24)22-4-3-5-23(32-22)30-17-25(16-27)10-12-33-13-11-25/h3-5,14-15,18-19,28H,2,6-13,17H2,1H3,(H,29,31)(H,30,32)/t18-,19-. The van der Waals surface area contributed by atoms with Gasteiger partial charge in [-0.2, -0.15) is 5.26 Å². The Bertz CT molecular complexity index is 964. The minimum Gasteiger partial charge on any atom is -0.381 e. The van der Waals surface area contributed by atoms with E-state index in [2.05, 4.69) is 33.9 Å². The zero-order valence-corrected chi connectivity index (χ0v) is 20.0. The molecule has 0 amide bonds. The van der Waals surface area contributed by atoms with Gasteiger partial charge in [0.15, 0.2) is 0 Å². The SMILES string of the molecule is CCN[C@H]1CC[C@H](Nc2cc(-c3cccc(NCC4(C#N)CCOCC4)n3)c(Cl)cn2)CC1. The molecule has 2 aliphatic rings. The van der Waals surface area contributed by atoms with Gasteiger partial charge in [-0.3, -0.25) is 0 Å². The van der Waals surface area contributed by atoms with Crippen molar-refractivity contribution in [2.45, 2.75) is 57.5 Å². The van der Waals surface area contributed by atoms with Gasteiger partial charge in [0.25, 0.3) is 0 Å². The fourth-order valence-electron chi connectivity index (χ4n) is 4.69. The van der Waals surface area contributed by atoms with Gasteiger partial charge in [-0.25, -0.2) is 9.97 Å². The number of aromatic nitrogens is 2. The molecule has 33 heavy (non-hydrogen) atoms. The summed E-state index contributed by atoms with van der Waals surface area (Å²) in [4.78, 5) is 9.28. The predicted molar refractivity (Wildman–Crippen MR) is 132 cm³/mol. The Balaban J connectivity index is 1.43. The number of halogens is 1. The summed E-state index contributed by atoms with van der Waals surface area (Å²) in [7, 11) is 0. The van der Waals surface area contributed by atoms with Crippen LogP contribution in [0.4, 0.5) is 11.6 Å². The molecule has 0 atom stereocenters. The molecule has 4 rings (SSSR count). The molecule has 0 spiro atoms. The molecular weight excluding hydrogens is 436 g/mol. The van der Waals surface area contributed by atoms with E-state index in [1.807, 2.05) is 24.3 Å².